The van der Waals surface area contributed by atoms with Crippen LogP contribution in [-0.2, 0) is 4.79 Å². The zero-order valence-corrected chi connectivity index (χ0v) is 18.3. The number of nitrogens with zero attached hydrogens (tertiary/aromatic N) is 1. The second kappa shape index (κ2) is 8.53. The summed E-state index contributed by atoms with van der Waals surface area (Å²) < 4.78 is 8.37. The summed E-state index contributed by atoms with van der Waals surface area (Å²) in [5.74, 6) is 0.0689. The van der Waals surface area contributed by atoms with Crippen LogP contribution in [0.3, 0.4) is 0 Å². The molecule has 3 aromatic rings. The first kappa shape index (κ1) is 20.7. The van der Waals surface area contributed by atoms with Crippen molar-refractivity contribution in [3.8, 4) is 11.4 Å². The van der Waals surface area contributed by atoms with Crippen LogP contribution in [0, 0.1) is 13.8 Å². The third-order valence-electron chi connectivity index (χ3n) is 4.53. The summed E-state index contributed by atoms with van der Waals surface area (Å²) in [6, 6.07) is 14.9. The standard InChI is InChI=1S/C22H22BrN3O3/c1-13-11-19(14(2)26(13)18-8-5-16(23)6-9-18)22(28)25-20-12-17(24-15(3)27)7-10-21(20)29-4/h5-12H,1-4H3,(H,24,27)(H,25,28). The Morgan fingerprint density at radius 2 is 1.69 bits per heavy atom. The maximum Gasteiger partial charge on any atom is 0.257 e. The highest BCUT2D eigenvalue weighted by Gasteiger charge is 2.18. The molecule has 2 aromatic carbocycles. The molecule has 0 atom stereocenters. The fourth-order valence-corrected chi connectivity index (χ4v) is 3.52. The summed E-state index contributed by atoms with van der Waals surface area (Å²) in [7, 11) is 1.53. The van der Waals surface area contributed by atoms with Crippen molar-refractivity contribution in [3.05, 3.63) is 70.0 Å². The molecular formula is C22H22BrN3O3. The van der Waals surface area contributed by atoms with Crippen LogP contribution in [-0.4, -0.2) is 23.5 Å². The summed E-state index contributed by atoms with van der Waals surface area (Å²) in [6.45, 7) is 5.30. The number of nitrogens with one attached hydrogen (secondary N) is 2. The molecule has 0 spiro atoms. The van der Waals surface area contributed by atoms with Gasteiger partial charge in [-0.15, -0.1) is 0 Å². The molecule has 2 amide bonds. The van der Waals surface area contributed by atoms with Crippen molar-refractivity contribution in [1.29, 1.82) is 0 Å². The molecule has 6 nitrogen and oxygen atoms in total. The molecule has 0 unspecified atom stereocenters. The third kappa shape index (κ3) is 4.51. The molecule has 29 heavy (non-hydrogen) atoms. The van der Waals surface area contributed by atoms with Gasteiger partial charge < -0.3 is 19.9 Å². The van der Waals surface area contributed by atoms with Gasteiger partial charge in [0.1, 0.15) is 5.75 Å². The minimum atomic E-state index is -0.250. The molecule has 7 heteroatoms. The Bertz CT molecular complexity index is 1070. The quantitative estimate of drug-likeness (QED) is 0.563. The van der Waals surface area contributed by atoms with Crippen LogP contribution in [0.15, 0.2) is 53.0 Å². The van der Waals surface area contributed by atoms with E-state index in [1.54, 1.807) is 18.2 Å². The molecule has 2 N–H and O–H groups in total. The highest BCUT2D eigenvalue weighted by atomic mass is 79.9. The highest BCUT2D eigenvalue weighted by molar-refractivity contribution is 9.10. The Morgan fingerprint density at radius 1 is 1.00 bits per heavy atom. The van der Waals surface area contributed by atoms with Gasteiger partial charge in [-0.2, -0.15) is 0 Å². The van der Waals surface area contributed by atoms with Gasteiger partial charge in [0.2, 0.25) is 5.91 Å². The molecule has 0 aliphatic carbocycles. The van der Waals surface area contributed by atoms with Crippen LogP contribution >= 0.6 is 15.9 Å². The van der Waals surface area contributed by atoms with Crippen molar-refractivity contribution in [1.82, 2.24) is 4.57 Å². The van der Waals surface area contributed by atoms with E-state index in [9.17, 15) is 9.59 Å². The molecule has 1 heterocycles. The van der Waals surface area contributed by atoms with E-state index in [4.69, 9.17) is 4.74 Å². The van der Waals surface area contributed by atoms with E-state index in [1.807, 2.05) is 48.7 Å². The van der Waals surface area contributed by atoms with E-state index in [-0.39, 0.29) is 11.8 Å². The molecule has 150 valence electrons. The van der Waals surface area contributed by atoms with Crippen molar-refractivity contribution in [2.45, 2.75) is 20.8 Å². The lowest BCUT2D eigenvalue weighted by atomic mass is 10.2. The Hall–Kier alpha value is -3.06. The number of aryl methyl sites for hydroxylation is 1. The first-order valence-electron chi connectivity index (χ1n) is 9.02. The van der Waals surface area contributed by atoms with Gasteiger partial charge in [0.25, 0.3) is 5.91 Å². The highest BCUT2D eigenvalue weighted by Crippen LogP contribution is 2.29. The fourth-order valence-electron chi connectivity index (χ4n) is 3.26. The minimum absolute atomic E-state index is 0.189. The van der Waals surface area contributed by atoms with E-state index in [0.29, 0.717) is 22.7 Å². The SMILES string of the molecule is COc1ccc(NC(C)=O)cc1NC(=O)c1cc(C)n(-c2ccc(Br)cc2)c1C. The van der Waals surface area contributed by atoms with Gasteiger partial charge in [-0.05, 0) is 62.4 Å². The van der Waals surface area contributed by atoms with Gasteiger partial charge in [-0.25, -0.2) is 0 Å². The van der Waals surface area contributed by atoms with Gasteiger partial charge in [0.05, 0.1) is 18.4 Å². The van der Waals surface area contributed by atoms with Gasteiger partial charge in [0, 0.05) is 34.2 Å². The average Bonchev–Trinajstić information content (AvgIpc) is 2.97. The van der Waals surface area contributed by atoms with Crippen LogP contribution in [0.2, 0.25) is 0 Å². The second-order valence-electron chi connectivity index (χ2n) is 6.65. The fraction of sp³-hybridized carbons (Fsp3) is 0.182. The number of amides is 2. The Kier molecular flexibility index (Phi) is 6.08. The predicted molar refractivity (Wildman–Crippen MR) is 118 cm³/mol. The Balaban J connectivity index is 1.93. The van der Waals surface area contributed by atoms with E-state index in [2.05, 4.69) is 26.6 Å². The molecule has 0 saturated carbocycles. The number of halogens is 1. The van der Waals surface area contributed by atoms with Crippen LogP contribution in [0.4, 0.5) is 11.4 Å². The minimum Gasteiger partial charge on any atom is -0.495 e. The van der Waals surface area contributed by atoms with Gasteiger partial charge in [-0.3, -0.25) is 9.59 Å². The lowest BCUT2D eigenvalue weighted by Crippen LogP contribution is -2.14. The summed E-state index contributed by atoms with van der Waals surface area (Å²) in [4.78, 5) is 24.3. The van der Waals surface area contributed by atoms with Crippen molar-refractivity contribution >= 4 is 39.1 Å². The summed E-state index contributed by atoms with van der Waals surface area (Å²) in [6.07, 6.45) is 0. The van der Waals surface area contributed by atoms with Gasteiger partial charge in [0.15, 0.2) is 0 Å². The number of aromatic nitrogens is 1. The molecule has 3 rings (SSSR count). The first-order valence-corrected chi connectivity index (χ1v) is 9.81. The zero-order valence-electron chi connectivity index (χ0n) is 16.7. The molecule has 0 radical (unpaired) electrons. The molecule has 1 aromatic heterocycles. The maximum atomic E-state index is 13.0. The normalized spacial score (nSPS) is 10.5. The number of ether oxygens (including phenoxy) is 1. The van der Waals surface area contributed by atoms with E-state index in [0.717, 1.165) is 21.5 Å². The number of carbonyl (C=O) groups excluding carboxylic acids is 2. The number of hydrogen-bond donors (Lipinski definition) is 2. The molecule has 0 bridgehead atoms. The second-order valence-corrected chi connectivity index (χ2v) is 7.56. The predicted octanol–water partition coefficient (Wildman–Crippen LogP) is 5.08. The Labute approximate surface area is 178 Å². The lowest BCUT2D eigenvalue weighted by Gasteiger charge is -2.13. The monoisotopic (exact) mass is 455 g/mol. The summed E-state index contributed by atoms with van der Waals surface area (Å²) >= 11 is 3.44. The number of benzene rings is 2. The summed E-state index contributed by atoms with van der Waals surface area (Å²) in [5.41, 5.74) is 4.39. The zero-order chi connectivity index (χ0) is 21.1. The topological polar surface area (TPSA) is 72.4 Å². The smallest absolute Gasteiger partial charge is 0.257 e. The van der Waals surface area contributed by atoms with Crippen molar-refractivity contribution in [2.75, 3.05) is 17.7 Å². The first-order chi connectivity index (χ1) is 13.8. The van der Waals surface area contributed by atoms with Gasteiger partial charge >= 0.3 is 0 Å². The molecule has 0 saturated heterocycles. The number of carbonyl (C=O) groups is 2. The number of anilines is 2. The largest absolute Gasteiger partial charge is 0.495 e. The molecule has 0 aliphatic rings. The summed E-state index contributed by atoms with van der Waals surface area (Å²) in [5, 5.41) is 5.60. The van der Waals surface area contributed by atoms with Gasteiger partial charge in [-0.1, -0.05) is 15.9 Å². The molecule has 0 aliphatic heterocycles. The van der Waals surface area contributed by atoms with Crippen LogP contribution in [0.1, 0.15) is 28.7 Å². The van der Waals surface area contributed by atoms with Crippen LogP contribution in [0.5, 0.6) is 5.75 Å². The van der Waals surface area contributed by atoms with Crippen molar-refractivity contribution in [2.24, 2.45) is 0 Å². The Morgan fingerprint density at radius 3 is 2.31 bits per heavy atom. The number of rotatable bonds is 5. The average molecular weight is 456 g/mol. The molecule has 0 fully saturated rings. The maximum absolute atomic E-state index is 13.0. The lowest BCUT2D eigenvalue weighted by molar-refractivity contribution is -0.114. The van der Waals surface area contributed by atoms with Crippen molar-refractivity contribution < 1.29 is 14.3 Å². The van der Waals surface area contributed by atoms with Crippen LogP contribution in [0.25, 0.3) is 5.69 Å². The van der Waals surface area contributed by atoms with Crippen molar-refractivity contribution in [3.63, 3.8) is 0 Å². The van der Waals surface area contributed by atoms with E-state index >= 15 is 0 Å². The number of hydrogen-bond acceptors (Lipinski definition) is 3. The number of methoxy groups -OCH3 is 1. The van der Waals surface area contributed by atoms with E-state index < -0.39 is 0 Å². The molecular weight excluding hydrogens is 434 g/mol. The van der Waals surface area contributed by atoms with Crippen LogP contribution < -0.4 is 15.4 Å². The van der Waals surface area contributed by atoms with E-state index in [1.165, 1.54) is 14.0 Å². The third-order valence-corrected chi connectivity index (χ3v) is 5.06.